The van der Waals surface area contributed by atoms with Gasteiger partial charge in [0.15, 0.2) is 0 Å². The Labute approximate surface area is 224 Å². The van der Waals surface area contributed by atoms with Gasteiger partial charge in [0.2, 0.25) is 11.8 Å². The van der Waals surface area contributed by atoms with Crippen LogP contribution in [0.4, 0.5) is 5.69 Å². The summed E-state index contributed by atoms with van der Waals surface area (Å²) in [4.78, 5) is 28.1. The molecule has 0 aliphatic carbocycles. The zero-order valence-electron chi connectivity index (χ0n) is 21.0. The molecular formula is C28H32ClN3O4S. The second-order valence-corrected chi connectivity index (χ2v) is 10.9. The van der Waals surface area contributed by atoms with E-state index in [0.29, 0.717) is 17.3 Å². The van der Waals surface area contributed by atoms with Crippen molar-refractivity contribution in [3.8, 4) is 0 Å². The molecule has 0 aromatic heterocycles. The highest BCUT2D eigenvalue weighted by Crippen LogP contribution is 2.25. The molecule has 0 heterocycles. The van der Waals surface area contributed by atoms with E-state index in [1.54, 1.807) is 37.3 Å². The van der Waals surface area contributed by atoms with E-state index in [0.717, 1.165) is 22.7 Å². The van der Waals surface area contributed by atoms with Crippen LogP contribution < -0.4 is 9.62 Å². The molecule has 0 fully saturated rings. The lowest BCUT2D eigenvalue weighted by molar-refractivity contribution is -0.139. The Hall–Kier alpha value is -3.36. The van der Waals surface area contributed by atoms with Crippen LogP contribution in [0.2, 0.25) is 5.02 Å². The summed E-state index contributed by atoms with van der Waals surface area (Å²) >= 11 is 5.96. The number of rotatable bonds is 12. The largest absolute Gasteiger partial charge is 0.354 e. The van der Waals surface area contributed by atoms with Gasteiger partial charge in [-0.05, 0) is 55.3 Å². The second kappa shape index (κ2) is 13.3. The third-order valence-electron chi connectivity index (χ3n) is 5.92. The number of para-hydroxylation sites is 1. The molecule has 0 aliphatic rings. The summed E-state index contributed by atoms with van der Waals surface area (Å²) in [5, 5.41) is 3.27. The Morgan fingerprint density at radius 2 is 1.51 bits per heavy atom. The molecule has 196 valence electrons. The highest BCUT2D eigenvalue weighted by atomic mass is 35.5. The van der Waals surface area contributed by atoms with Crippen molar-refractivity contribution in [2.75, 3.05) is 17.4 Å². The van der Waals surface area contributed by atoms with Crippen LogP contribution in [-0.4, -0.2) is 44.3 Å². The van der Waals surface area contributed by atoms with Crippen molar-refractivity contribution in [1.29, 1.82) is 0 Å². The van der Waals surface area contributed by atoms with Crippen LogP contribution in [0, 0.1) is 0 Å². The molecule has 0 bridgehead atoms. The van der Waals surface area contributed by atoms with E-state index in [1.165, 1.54) is 29.2 Å². The number of nitrogens with zero attached hydrogens (tertiary/aromatic N) is 2. The molecule has 3 aromatic rings. The van der Waals surface area contributed by atoms with Gasteiger partial charge in [-0.3, -0.25) is 13.9 Å². The molecule has 0 aliphatic heterocycles. The number of carbonyl (C=O) groups is 2. The van der Waals surface area contributed by atoms with Crippen LogP contribution >= 0.6 is 11.6 Å². The number of carbonyl (C=O) groups excluding carboxylic acids is 2. The summed E-state index contributed by atoms with van der Waals surface area (Å²) in [6.07, 6.45) is 1.75. The molecular weight excluding hydrogens is 510 g/mol. The van der Waals surface area contributed by atoms with Gasteiger partial charge in [-0.15, -0.1) is 0 Å². The van der Waals surface area contributed by atoms with Crippen LogP contribution in [-0.2, 0) is 26.2 Å². The minimum atomic E-state index is -4.11. The van der Waals surface area contributed by atoms with E-state index >= 15 is 0 Å². The first-order valence-electron chi connectivity index (χ1n) is 12.2. The van der Waals surface area contributed by atoms with Gasteiger partial charge >= 0.3 is 0 Å². The maximum atomic E-state index is 13.8. The summed E-state index contributed by atoms with van der Waals surface area (Å²) in [5.74, 6) is -0.784. The lowest BCUT2D eigenvalue weighted by Crippen LogP contribution is -2.51. The second-order valence-electron chi connectivity index (χ2n) is 8.63. The molecule has 3 rings (SSSR count). The fraction of sp³-hybridized carbons (Fsp3) is 0.286. The Morgan fingerprint density at radius 1 is 0.919 bits per heavy atom. The van der Waals surface area contributed by atoms with E-state index in [2.05, 4.69) is 5.32 Å². The van der Waals surface area contributed by atoms with Gasteiger partial charge in [0.25, 0.3) is 10.0 Å². The van der Waals surface area contributed by atoms with Crippen LogP contribution in [0.25, 0.3) is 0 Å². The SMILES string of the molecule is CCCCNC(=O)[C@@H](C)N(Cc1ccccc1)C(=O)CN(c1ccccc1)S(=O)(=O)c1ccc(Cl)cc1. The molecule has 0 radical (unpaired) electrons. The Bertz CT molecular complexity index is 1270. The summed E-state index contributed by atoms with van der Waals surface area (Å²) in [5.41, 5.74) is 1.17. The van der Waals surface area contributed by atoms with E-state index < -0.39 is 28.5 Å². The third kappa shape index (κ3) is 7.57. The number of sulfonamides is 1. The summed E-state index contributed by atoms with van der Waals surface area (Å²) in [6.45, 7) is 3.87. The summed E-state index contributed by atoms with van der Waals surface area (Å²) in [7, 11) is -4.11. The fourth-order valence-electron chi connectivity index (χ4n) is 3.76. The van der Waals surface area contributed by atoms with E-state index in [-0.39, 0.29) is 17.3 Å². The first-order valence-corrected chi connectivity index (χ1v) is 14.0. The van der Waals surface area contributed by atoms with Gasteiger partial charge < -0.3 is 10.2 Å². The zero-order valence-corrected chi connectivity index (χ0v) is 22.6. The molecule has 1 atom stereocenters. The molecule has 1 N–H and O–H groups in total. The van der Waals surface area contributed by atoms with Crippen molar-refractivity contribution in [3.05, 3.63) is 95.5 Å². The predicted molar refractivity (Wildman–Crippen MR) is 147 cm³/mol. The van der Waals surface area contributed by atoms with Crippen molar-refractivity contribution in [3.63, 3.8) is 0 Å². The normalized spacial score (nSPS) is 12.0. The monoisotopic (exact) mass is 541 g/mol. The molecule has 0 unspecified atom stereocenters. The topological polar surface area (TPSA) is 86.8 Å². The summed E-state index contributed by atoms with van der Waals surface area (Å²) in [6, 6.07) is 22.7. The molecule has 0 saturated carbocycles. The first kappa shape index (κ1) is 28.2. The molecule has 37 heavy (non-hydrogen) atoms. The van der Waals surface area contributed by atoms with E-state index in [9.17, 15) is 18.0 Å². The van der Waals surface area contributed by atoms with Gasteiger partial charge in [0, 0.05) is 18.1 Å². The highest BCUT2D eigenvalue weighted by molar-refractivity contribution is 7.92. The molecule has 0 spiro atoms. The Morgan fingerprint density at radius 3 is 2.11 bits per heavy atom. The number of hydrogen-bond acceptors (Lipinski definition) is 4. The molecule has 9 heteroatoms. The first-order chi connectivity index (χ1) is 17.7. The van der Waals surface area contributed by atoms with Crippen molar-refractivity contribution < 1.29 is 18.0 Å². The van der Waals surface area contributed by atoms with Crippen molar-refractivity contribution >= 4 is 39.1 Å². The van der Waals surface area contributed by atoms with Gasteiger partial charge in [-0.1, -0.05) is 73.5 Å². The van der Waals surface area contributed by atoms with Crippen molar-refractivity contribution in [1.82, 2.24) is 10.2 Å². The van der Waals surface area contributed by atoms with Crippen LogP contribution in [0.3, 0.4) is 0 Å². The molecule has 7 nitrogen and oxygen atoms in total. The maximum absolute atomic E-state index is 13.8. The van der Waals surface area contributed by atoms with Gasteiger partial charge in [0.1, 0.15) is 12.6 Å². The molecule has 0 saturated heterocycles. The molecule has 2 amide bonds. The third-order valence-corrected chi connectivity index (χ3v) is 7.96. The van der Waals surface area contributed by atoms with Gasteiger partial charge in [0.05, 0.1) is 10.6 Å². The number of benzene rings is 3. The van der Waals surface area contributed by atoms with Crippen LogP contribution in [0.15, 0.2) is 89.8 Å². The lowest BCUT2D eigenvalue weighted by atomic mass is 10.1. The summed E-state index contributed by atoms with van der Waals surface area (Å²) < 4.78 is 28.4. The number of anilines is 1. The maximum Gasteiger partial charge on any atom is 0.264 e. The number of unbranched alkanes of at least 4 members (excludes halogenated alkanes) is 1. The van der Waals surface area contributed by atoms with Crippen LogP contribution in [0.5, 0.6) is 0 Å². The zero-order chi connectivity index (χ0) is 26.8. The quantitative estimate of drug-likeness (QED) is 0.331. The Kier molecular flexibility index (Phi) is 10.1. The number of halogens is 1. The minimum absolute atomic E-state index is 0.00789. The van der Waals surface area contributed by atoms with Gasteiger partial charge in [-0.25, -0.2) is 8.42 Å². The van der Waals surface area contributed by atoms with Crippen molar-refractivity contribution in [2.45, 2.75) is 44.2 Å². The lowest BCUT2D eigenvalue weighted by Gasteiger charge is -2.32. The average Bonchev–Trinajstić information content (AvgIpc) is 2.91. The number of nitrogens with one attached hydrogen (secondary N) is 1. The number of amides is 2. The highest BCUT2D eigenvalue weighted by Gasteiger charge is 2.32. The Balaban J connectivity index is 1.95. The smallest absolute Gasteiger partial charge is 0.264 e. The van der Waals surface area contributed by atoms with E-state index in [4.69, 9.17) is 11.6 Å². The standard InChI is InChI=1S/C28H32ClN3O4S/c1-3-4-19-30-28(34)22(2)31(20-23-11-7-5-8-12-23)27(33)21-32(25-13-9-6-10-14-25)37(35,36)26-17-15-24(29)16-18-26/h5-18,22H,3-4,19-21H2,1-2H3,(H,30,34)/t22-/m1/s1. The van der Waals surface area contributed by atoms with E-state index in [1.807, 2.05) is 37.3 Å². The predicted octanol–water partition coefficient (Wildman–Crippen LogP) is 4.87. The average molecular weight is 542 g/mol. The van der Waals surface area contributed by atoms with Gasteiger partial charge in [-0.2, -0.15) is 0 Å². The number of hydrogen-bond donors (Lipinski definition) is 1. The van der Waals surface area contributed by atoms with Crippen molar-refractivity contribution in [2.24, 2.45) is 0 Å². The molecule has 3 aromatic carbocycles. The fourth-order valence-corrected chi connectivity index (χ4v) is 5.30. The van der Waals surface area contributed by atoms with Crippen LogP contribution in [0.1, 0.15) is 32.3 Å². The minimum Gasteiger partial charge on any atom is -0.354 e.